The van der Waals surface area contributed by atoms with Gasteiger partial charge in [0, 0.05) is 13.2 Å². The molecule has 0 radical (unpaired) electrons. The van der Waals surface area contributed by atoms with E-state index in [0.717, 1.165) is 38.3 Å². The van der Waals surface area contributed by atoms with E-state index in [1.807, 2.05) is 0 Å². The molecule has 0 spiro atoms. The van der Waals surface area contributed by atoms with E-state index in [-0.39, 0.29) is 0 Å². The van der Waals surface area contributed by atoms with Crippen LogP contribution in [0.3, 0.4) is 0 Å². The second-order valence-electron chi connectivity index (χ2n) is 6.51. The Morgan fingerprint density at radius 1 is 1.30 bits per heavy atom. The van der Waals surface area contributed by atoms with E-state index in [0.29, 0.717) is 25.4 Å². The lowest BCUT2D eigenvalue weighted by atomic mass is 9.89. The van der Waals surface area contributed by atoms with Gasteiger partial charge in [0.25, 0.3) is 0 Å². The molecule has 2 N–H and O–H groups in total. The van der Waals surface area contributed by atoms with Gasteiger partial charge < -0.3 is 19.9 Å². The summed E-state index contributed by atoms with van der Waals surface area (Å²) in [5.41, 5.74) is 0. The number of rotatable bonds is 8. The first-order valence-corrected chi connectivity index (χ1v) is 8.36. The van der Waals surface area contributed by atoms with Crippen LogP contribution >= 0.6 is 0 Å². The van der Waals surface area contributed by atoms with Gasteiger partial charge in [-0.25, -0.2) is 0 Å². The minimum absolute atomic E-state index is 0.361. The Bertz CT molecular complexity index is 256. The van der Waals surface area contributed by atoms with Crippen LogP contribution in [0.15, 0.2) is 0 Å². The molecule has 2 fully saturated rings. The topological polar surface area (TPSA) is 50.7 Å². The lowest BCUT2D eigenvalue weighted by Gasteiger charge is -2.27. The van der Waals surface area contributed by atoms with Crippen LogP contribution in [0.25, 0.3) is 0 Å². The highest BCUT2D eigenvalue weighted by Gasteiger charge is 2.20. The number of aliphatic hydroxyl groups is 1. The average molecular weight is 285 g/mol. The highest BCUT2D eigenvalue weighted by atomic mass is 16.5. The van der Waals surface area contributed by atoms with Gasteiger partial charge in [-0.05, 0) is 44.6 Å². The van der Waals surface area contributed by atoms with Crippen LogP contribution in [0.5, 0.6) is 0 Å². The highest BCUT2D eigenvalue weighted by Crippen LogP contribution is 2.25. The molecule has 1 saturated heterocycles. The zero-order valence-electron chi connectivity index (χ0n) is 12.9. The molecule has 2 rings (SSSR count). The summed E-state index contributed by atoms with van der Waals surface area (Å²) in [6, 6.07) is 0. The van der Waals surface area contributed by atoms with Crippen molar-refractivity contribution < 1.29 is 14.6 Å². The van der Waals surface area contributed by atoms with Gasteiger partial charge in [-0.1, -0.05) is 19.8 Å². The zero-order chi connectivity index (χ0) is 14.2. The Morgan fingerprint density at radius 3 is 2.95 bits per heavy atom. The predicted molar refractivity (Wildman–Crippen MR) is 79.8 cm³/mol. The Balaban J connectivity index is 1.46. The van der Waals surface area contributed by atoms with Crippen molar-refractivity contribution in [3.63, 3.8) is 0 Å². The van der Waals surface area contributed by atoms with Crippen molar-refractivity contribution in [2.45, 2.75) is 70.2 Å². The molecule has 118 valence electrons. The molecule has 1 aliphatic carbocycles. The third-order valence-corrected chi connectivity index (χ3v) is 4.46. The Kier molecular flexibility index (Phi) is 7.28. The maximum Gasteiger partial charge on any atom is 0.0897 e. The van der Waals surface area contributed by atoms with Gasteiger partial charge in [0.1, 0.15) is 0 Å². The molecule has 4 heteroatoms. The normalized spacial score (nSPS) is 32.4. The summed E-state index contributed by atoms with van der Waals surface area (Å²) < 4.78 is 11.4. The molecule has 0 aromatic heterocycles. The summed E-state index contributed by atoms with van der Waals surface area (Å²) in [5.74, 6) is 0.774. The fourth-order valence-electron chi connectivity index (χ4n) is 3.24. The Labute approximate surface area is 123 Å². The van der Waals surface area contributed by atoms with Crippen LogP contribution in [-0.4, -0.2) is 49.7 Å². The molecule has 1 aliphatic heterocycles. The first kappa shape index (κ1) is 16.2. The van der Waals surface area contributed by atoms with Gasteiger partial charge in [-0.2, -0.15) is 0 Å². The lowest BCUT2D eigenvalue weighted by Crippen LogP contribution is -2.34. The van der Waals surface area contributed by atoms with E-state index >= 15 is 0 Å². The molecular weight excluding hydrogens is 254 g/mol. The van der Waals surface area contributed by atoms with Crippen LogP contribution in [0.4, 0.5) is 0 Å². The maximum atomic E-state index is 9.92. The average Bonchev–Trinajstić information content (AvgIpc) is 2.95. The molecule has 0 aromatic carbocycles. The summed E-state index contributed by atoms with van der Waals surface area (Å²) in [5, 5.41) is 13.2. The van der Waals surface area contributed by atoms with Crippen molar-refractivity contribution in [3.8, 4) is 0 Å². The van der Waals surface area contributed by atoms with Gasteiger partial charge in [-0.3, -0.25) is 0 Å². The van der Waals surface area contributed by atoms with Crippen molar-refractivity contribution in [1.82, 2.24) is 5.32 Å². The third-order valence-electron chi connectivity index (χ3n) is 4.46. The minimum Gasteiger partial charge on any atom is -0.389 e. The largest absolute Gasteiger partial charge is 0.389 e. The second-order valence-corrected chi connectivity index (χ2v) is 6.51. The minimum atomic E-state index is -0.392. The summed E-state index contributed by atoms with van der Waals surface area (Å²) >= 11 is 0. The maximum absolute atomic E-state index is 9.92. The highest BCUT2D eigenvalue weighted by molar-refractivity contribution is 4.72. The molecule has 0 amide bonds. The molecule has 4 nitrogen and oxygen atoms in total. The van der Waals surface area contributed by atoms with Crippen LogP contribution in [0.2, 0.25) is 0 Å². The SMILES string of the molecule is CC1CCCC(OCC(O)CNCCC2CCCO2)C1. The number of hydrogen-bond acceptors (Lipinski definition) is 4. The number of aliphatic hydroxyl groups excluding tert-OH is 1. The van der Waals surface area contributed by atoms with Crippen LogP contribution in [-0.2, 0) is 9.47 Å². The zero-order valence-corrected chi connectivity index (χ0v) is 12.9. The quantitative estimate of drug-likeness (QED) is 0.671. The van der Waals surface area contributed by atoms with E-state index in [1.54, 1.807) is 0 Å². The van der Waals surface area contributed by atoms with Crippen LogP contribution in [0.1, 0.15) is 51.9 Å². The first-order chi connectivity index (χ1) is 9.74. The molecule has 1 heterocycles. The molecule has 4 unspecified atom stereocenters. The van der Waals surface area contributed by atoms with Crippen molar-refractivity contribution in [2.24, 2.45) is 5.92 Å². The molecule has 20 heavy (non-hydrogen) atoms. The third kappa shape index (κ3) is 6.08. The number of ether oxygens (including phenoxy) is 2. The van der Waals surface area contributed by atoms with Crippen molar-refractivity contribution in [2.75, 3.05) is 26.3 Å². The molecule has 4 atom stereocenters. The van der Waals surface area contributed by atoms with E-state index in [2.05, 4.69) is 12.2 Å². The summed E-state index contributed by atoms with van der Waals surface area (Å²) in [7, 11) is 0. The molecular formula is C16H31NO3. The Hall–Kier alpha value is -0.160. The van der Waals surface area contributed by atoms with Crippen molar-refractivity contribution in [1.29, 1.82) is 0 Å². The molecule has 0 bridgehead atoms. The van der Waals surface area contributed by atoms with Gasteiger partial charge in [-0.15, -0.1) is 0 Å². The summed E-state index contributed by atoms with van der Waals surface area (Å²) in [6.45, 7) is 5.21. The molecule has 1 saturated carbocycles. The standard InChI is InChI=1S/C16H31NO3/c1-13-4-2-5-16(10-13)20-12-14(18)11-17-8-7-15-6-3-9-19-15/h13-18H,2-12H2,1H3. The molecule has 2 aliphatic rings. The van der Waals surface area contributed by atoms with E-state index < -0.39 is 6.10 Å². The predicted octanol–water partition coefficient (Wildman–Crippen LogP) is 2.10. The fraction of sp³-hybridized carbons (Fsp3) is 1.00. The summed E-state index contributed by atoms with van der Waals surface area (Å²) in [4.78, 5) is 0. The number of hydrogen-bond donors (Lipinski definition) is 2. The Morgan fingerprint density at radius 2 is 2.20 bits per heavy atom. The summed E-state index contributed by atoms with van der Waals surface area (Å²) in [6.07, 6.45) is 8.73. The van der Waals surface area contributed by atoms with E-state index in [9.17, 15) is 5.11 Å². The lowest BCUT2D eigenvalue weighted by molar-refractivity contribution is -0.0307. The van der Waals surface area contributed by atoms with Crippen LogP contribution < -0.4 is 5.32 Å². The van der Waals surface area contributed by atoms with Crippen LogP contribution in [0, 0.1) is 5.92 Å². The van der Waals surface area contributed by atoms with Gasteiger partial charge in [0.15, 0.2) is 0 Å². The van der Waals surface area contributed by atoms with E-state index in [4.69, 9.17) is 9.47 Å². The molecule has 0 aromatic rings. The van der Waals surface area contributed by atoms with E-state index in [1.165, 1.54) is 25.7 Å². The fourth-order valence-corrected chi connectivity index (χ4v) is 3.24. The van der Waals surface area contributed by atoms with Crippen molar-refractivity contribution >= 4 is 0 Å². The second kappa shape index (κ2) is 8.98. The first-order valence-electron chi connectivity index (χ1n) is 8.36. The van der Waals surface area contributed by atoms with Gasteiger partial charge >= 0.3 is 0 Å². The van der Waals surface area contributed by atoms with Gasteiger partial charge in [0.2, 0.25) is 0 Å². The van der Waals surface area contributed by atoms with Crippen molar-refractivity contribution in [3.05, 3.63) is 0 Å². The smallest absolute Gasteiger partial charge is 0.0897 e. The number of nitrogens with one attached hydrogen (secondary N) is 1. The van der Waals surface area contributed by atoms with Gasteiger partial charge in [0.05, 0.1) is 24.9 Å². The monoisotopic (exact) mass is 285 g/mol.